The van der Waals surface area contributed by atoms with Gasteiger partial charge in [0.05, 0.1) is 5.56 Å². The Kier molecular flexibility index (Phi) is 4.18. The Morgan fingerprint density at radius 2 is 2.00 bits per heavy atom. The third kappa shape index (κ3) is 3.63. The minimum absolute atomic E-state index is 0.0465. The first kappa shape index (κ1) is 14.7. The van der Waals surface area contributed by atoms with E-state index in [0.717, 1.165) is 23.3 Å². The lowest BCUT2D eigenvalue weighted by atomic mass is 10.1. The van der Waals surface area contributed by atoms with E-state index in [4.69, 9.17) is 11.6 Å². The van der Waals surface area contributed by atoms with E-state index in [2.05, 4.69) is 10.3 Å². The second-order valence-electron chi connectivity index (χ2n) is 4.38. The average Bonchev–Trinajstić information content (AvgIpc) is 2.36. The summed E-state index contributed by atoms with van der Waals surface area (Å²) < 4.78 is 38.0. The zero-order chi connectivity index (χ0) is 14.8. The molecule has 0 aliphatic rings. The molecule has 0 fully saturated rings. The van der Waals surface area contributed by atoms with Crippen LogP contribution >= 0.6 is 11.6 Å². The van der Waals surface area contributed by atoms with Crippen molar-refractivity contribution in [2.24, 2.45) is 0 Å². The number of benzene rings is 1. The SMILES string of the molecule is Cc1ccncc1CNc1cc(Cl)cc(C(F)(F)F)c1. The molecule has 1 aromatic heterocycles. The van der Waals surface area contributed by atoms with Crippen molar-refractivity contribution >= 4 is 17.3 Å². The van der Waals surface area contributed by atoms with Gasteiger partial charge in [0.25, 0.3) is 0 Å². The van der Waals surface area contributed by atoms with Gasteiger partial charge in [0.1, 0.15) is 0 Å². The summed E-state index contributed by atoms with van der Waals surface area (Å²) in [4.78, 5) is 3.99. The Balaban J connectivity index is 2.18. The second-order valence-corrected chi connectivity index (χ2v) is 4.82. The molecule has 2 nitrogen and oxygen atoms in total. The molecule has 0 aliphatic carbocycles. The topological polar surface area (TPSA) is 24.9 Å². The number of aromatic nitrogens is 1. The summed E-state index contributed by atoms with van der Waals surface area (Å²) in [6.07, 6.45) is -1.07. The van der Waals surface area contributed by atoms with Crippen molar-refractivity contribution in [1.82, 2.24) is 4.98 Å². The first-order chi connectivity index (χ1) is 9.36. The van der Waals surface area contributed by atoms with Crippen LogP contribution in [0.15, 0.2) is 36.7 Å². The summed E-state index contributed by atoms with van der Waals surface area (Å²) in [5, 5.41) is 2.98. The predicted octanol–water partition coefficient (Wildman–Crippen LogP) is 4.67. The van der Waals surface area contributed by atoms with Crippen LogP contribution in [0.1, 0.15) is 16.7 Å². The van der Waals surface area contributed by atoms with Gasteiger partial charge in [-0.3, -0.25) is 4.98 Å². The van der Waals surface area contributed by atoms with Crippen LogP contribution in [-0.2, 0) is 12.7 Å². The Hall–Kier alpha value is -1.75. The quantitative estimate of drug-likeness (QED) is 0.890. The first-order valence-electron chi connectivity index (χ1n) is 5.87. The second kappa shape index (κ2) is 5.71. The lowest BCUT2D eigenvalue weighted by Gasteiger charge is -2.12. The van der Waals surface area contributed by atoms with Crippen LogP contribution in [0, 0.1) is 6.92 Å². The van der Waals surface area contributed by atoms with Crippen molar-refractivity contribution in [3.8, 4) is 0 Å². The van der Waals surface area contributed by atoms with Crippen LogP contribution in [0.2, 0.25) is 5.02 Å². The van der Waals surface area contributed by atoms with Gasteiger partial charge in [-0.05, 0) is 42.3 Å². The summed E-state index contributed by atoms with van der Waals surface area (Å²) >= 11 is 5.72. The number of halogens is 4. The van der Waals surface area contributed by atoms with Crippen LogP contribution in [0.5, 0.6) is 0 Å². The number of anilines is 1. The lowest BCUT2D eigenvalue weighted by Crippen LogP contribution is -2.07. The van der Waals surface area contributed by atoms with Crippen LogP contribution in [0.4, 0.5) is 18.9 Å². The summed E-state index contributed by atoms with van der Waals surface area (Å²) in [5.41, 5.74) is 1.50. The third-order valence-electron chi connectivity index (χ3n) is 2.86. The van der Waals surface area contributed by atoms with Gasteiger partial charge in [0, 0.05) is 29.6 Å². The Labute approximate surface area is 119 Å². The number of hydrogen-bond donors (Lipinski definition) is 1. The molecule has 1 N–H and O–H groups in total. The minimum atomic E-state index is -4.41. The fourth-order valence-electron chi connectivity index (χ4n) is 1.73. The Morgan fingerprint density at radius 3 is 2.65 bits per heavy atom. The summed E-state index contributed by atoms with van der Waals surface area (Å²) in [6.45, 7) is 2.30. The molecule has 0 atom stereocenters. The van der Waals surface area contributed by atoms with Gasteiger partial charge < -0.3 is 5.32 Å². The van der Waals surface area contributed by atoms with Crippen LogP contribution in [0.3, 0.4) is 0 Å². The fourth-order valence-corrected chi connectivity index (χ4v) is 1.97. The molecule has 1 heterocycles. The molecule has 0 unspecified atom stereocenters. The Bertz CT molecular complexity index is 612. The van der Waals surface area contributed by atoms with Crippen LogP contribution in [0.25, 0.3) is 0 Å². The van der Waals surface area contributed by atoms with E-state index in [1.54, 1.807) is 12.4 Å². The number of aryl methyl sites for hydroxylation is 1. The highest BCUT2D eigenvalue weighted by atomic mass is 35.5. The molecule has 2 aromatic rings. The van der Waals surface area contributed by atoms with Crippen molar-refractivity contribution in [2.45, 2.75) is 19.6 Å². The van der Waals surface area contributed by atoms with Crippen molar-refractivity contribution in [3.05, 3.63) is 58.4 Å². The lowest BCUT2D eigenvalue weighted by molar-refractivity contribution is -0.137. The number of pyridine rings is 1. The molecule has 6 heteroatoms. The van der Waals surface area contributed by atoms with Crippen LogP contribution in [-0.4, -0.2) is 4.98 Å². The summed E-state index contributed by atoms with van der Waals surface area (Å²) in [5.74, 6) is 0. The standard InChI is InChI=1S/C14H12ClF3N2/c1-9-2-3-19-7-10(9)8-20-13-5-11(14(16,17)18)4-12(15)6-13/h2-7,20H,8H2,1H3. The number of alkyl halides is 3. The maximum Gasteiger partial charge on any atom is 0.416 e. The third-order valence-corrected chi connectivity index (χ3v) is 3.07. The molecule has 1 aromatic carbocycles. The molecule has 0 spiro atoms. The van der Waals surface area contributed by atoms with Gasteiger partial charge in [-0.1, -0.05) is 11.6 Å². The molecular formula is C14H12ClF3N2. The first-order valence-corrected chi connectivity index (χ1v) is 6.25. The molecular weight excluding hydrogens is 289 g/mol. The van der Waals surface area contributed by atoms with Crippen LogP contribution < -0.4 is 5.32 Å². The molecule has 0 amide bonds. The molecule has 20 heavy (non-hydrogen) atoms. The highest BCUT2D eigenvalue weighted by molar-refractivity contribution is 6.30. The largest absolute Gasteiger partial charge is 0.416 e. The fraction of sp³-hybridized carbons (Fsp3) is 0.214. The van der Waals surface area contributed by atoms with Gasteiger partial charge in [0.2, 0.25) is 0 Å². The zero-order valence-electron chi connectivity index (χ0n) is 10.6. The Morgan fingerprint density at radius 1 is 1.25 bits per heavy atom. The monoisotopic (exact) mass is 300 g/mol. The van der Waals surface area contributed by atoms with E-state index in [1.807, 2.05) is 13.0 Å². The molecule has 0 radical (unpaired) electrons. The molecule has 0 saturated carbocycles. The van der Waals surface area contributed by atoms with Gasteiger partial charge in [-0.15, -0.1) is 0 Å². The number of hydrogen-bond acceptors (Lipinski definition) is 2. The molecule has 2 rings (SSSR count). The van der Waals surface area contributed by atoms with E-state index in [9.17, 15) is 13.2 Å². The number of nitrogens with zero attached hydrogens (tertiary/aromatic N) is 1. The molecule has 0 bridgehead atoms. The molecule has 106 valence electrons. The highest BCUT2D eigenvalue weighted by Crippen LogP contribution is 2.33. The summed E-state index contributed by atoms with van der Waals surface area (Å²) in [7, 11) is 0. The average molecular weight is 301 g/mol. The number of nitrogens with one attached hydrogen (secondary N) is 1. The van der Waals surface area contributed by atoms with Gasteiger partial charge in [-0.25, -0.2) is 0 Å². The van der Waals surface area contributed by atoms with Gasteiger partial charge in [-0.2, -0.15) is 13.2 Å². The zero-order valence-corrected chi connectivity index (χ0v) is 11.4. The minimum Gasteiger partial charge on any atom is -0.381 e. The smallest absolute Gasteiger partial charge is 0.381 e. The maximum absolute atomic E-state index is 12.7. The number of rotatable bonds is 3. The van der Waals surface area contributed by atoms with E-state index in [1.165, 1.54) is 6.07 Å². The summed E-state index contributed by atoms with van der Waals surface area (Å²) in [6, 6.07) is 5.25. The van der Waals surface area contributed by atoms with Crippen molar-refractivity contribution in [2.75, 3.05) is 5.32 Å². The molecule has 0 aliphatic heterocycles. The van der Waals surface area contributed by atoms with E-state index in [-0.39, 0.29) is 5.02 Å². The van der Waals surface area contributed by atoms with Crippen molar-refractivity contribution < 1.29 is 13.2 Å². The maximum atomic E-state index is 12.7. The van der Waals surface area contributed by atoms with E-state index < -0.39 is 11.7 Å². The van der Waals surface area contributed by atoms with Gasteiger partial charge in [0.15, 0.2) is 0 Å². The highest BCUT2D eigenvalue weighted by Gasteiger charge is 2.31. The van der Waals surface area contributed by atoms with Crippen molar-refractivity contribution in [1.29, 1.82) is 0 Å². The van der Waals surface area contributed by atoms with E-state index in [0.29, 0.717) is 12.2 Å². The van der Waals surface area contributed by atoms with E-state index >= 15 is 0 Å². The molecule has 0 saturated heterocycles. The normalized spacial score (nSPS) is 11.4. The van der Waals surface area contributed by atoms with Gasteiger partial charge >= 0.3 is 6.18 Å². The van der Waals surface area contributed by atoms with Crippen molar-refractivity contribution in [3.63, 3.8) is 0 Å². The predicted molar refractivity (Wildman–Crippen MR) is 72.8 cm³/mol.